The van der Waals surface area contributed by atoms with Crippen LogP contribution in [0.5, 0.6) is 5.75 Å². The Kier molecular flexibility index (Phi) is 4.40. The van der Waals surface area contributed by atoms with Gasteiger partial charge in [-0.2, -0.15) is 0 Å². The zero-order valence-electron chi connectivity index (χ0n) is 9.99. The van der Waals surface area contributed by atoms with Crippen LogP contribution in [-0.2, 0) is 4.79 Å². The summed E-state index contributed by atoms with van der Waals surface area (Å²) >= 11 is 1.28. The van der Waals surface area contributed by atoms with Crippen LogP contribution in [0, 0.1) is 11.2 Å². The van der Waals surface area contributed by atoms with E-state index in [1.807, 2.05) is 0 Å². The summed E-state index contributed by atoms with van der Waals surface area (Å²) in [5.74, 6) is -0.332. The van der Waals surface area contributed by atoms with E-state index in [0.717, 1.165) is 0 Å². The fraction of sp³-hybridized carbons (Fsp3) is 0.417. The van der Waals surface area contributed by atoms with Gasteiger partial charge in [0.05, 0.1) is 17.4 Å². The zero-order valence-corrected chi connectivity index (χ0v) is 10.8. The van der Waals surface area contributed by atoms with Crippen molar-refractivity contribution in [1.29, 1.82) is 0 Å². The number of thioether (sulfide) groups is 1. The quantitative estimate of drug-likeness (QED) is 0.825. The highest BCUT2D eigenvalue weighted by atomic mass is 32.2. The van der Waals surface area contributed by atoms with Crippen molar-refractivity contribution in [3.05, 3.63) is 24.0 Å². The number of hydrogen-bond acceptors (Lipinski definition) is 3. The Balaban J connectivity index is 2.81. The first-order valence-corrected chi connectivity index (χ1v) is 6.05. The molecule has 0 atom stereocenters. The highest BCUT2D eigenvalue weighted by molar-refractivity contribution is 7.99. The maximum atomic E-state index is 13.1. The van der Waals surface area contributed by atoms with E-state index in [2.05, 4.69) is 0 Å². The molecule has 0 amide bonds. The van der Waals surface area contributed by atoms with Gasteiger partial charge in [0.1, 0.15) is 11.6 Å². The summed E-state index contributed by atoms with van der Waals surface area (Å²) in [6.45, 7) is 3.27. The molecule has 0 aliphatic carbocycles. The van der Waals surface area contributed by atoms with Crippen molar-refractivity contribution in [2.75, 3.05) is 12.9 Å². The van der Waals surface area contributed by atoms with Gasteiger partial charge >= 0.3 is 5.97 Å². The van der Waals surface area contributed by atoms with Crippen molar-refractivity contribution in [1.82, 2.24) is 0 Å². The molecule has 94 valence electrons. The van der Waals surface area contributed by atoms with Crippen LogP contribution in [0.4, 0.5) is 4.39 Å². The molecule has 0 aliphatic heterocycles. The number of carbonyl (C=O) groups is 1. The molecule has 0 heterocycles. The Morgan fingerprint density at radius 3 is 2.71 bits per heavy atom. The Hall–Kier alpha value is -1.23. The smallest absolute Gasteiger partial charge is 0.309 e. The van der Waals surface area contributed by atoms with E-state index in [9.17, 15) is 9.18 Å². The molecule has 0 bridgehead atoms. The number of methoxy groups -OCH3 is 1. The molecule has 0 aliphatic rings. The van der Waals surface area contributed by atoms with Crippen LogP contribution in [-0.4, -0.2) is 23.9 Å². The van der Waals surface area contributed by atoms with E-state index in [1.54, 1.807) is 13.8 Å². The third kappa shape index (κ3) is 3.63. The first-order valence-electron chi connectivity index (χ1n) is 5.06. The highest BCUT2D eigenvalue weighted by Gasteiger charge is 2.27. The van der Waals surface area contributed by atoms with E-state index < -0.39 is 11.4 Å². The second-order valence-corrected chi connectivity index (χ2v) is 5.29. The van der Waals surface area contributed by atoms with Gasteiger partial charge in [-0.15, -0.1) is 11.8 Å². The van der Waals surface area contributed by atoms with Crippen molar-refractivity contribution in [2.24, 2.45) is 5.41 Å². The SMILES string of the molecule is COc1ccc(F)cc1SCC(C)(C)C(=O)O. The maximum absolute atomic E-state index is 13.1. The molecule has 0 saturated heterocycles. The second kappa shape index (κ2) is 5.40. The third-order valence-electron chi connectivity index (χ3n) is 2.29. The van der Waals surface area contributed by atoms with Gasteiger partial charge < -0.3 is 9.84 Å². The topological polar surface area (TPSA) is 46.5 Å². The first-order chi connectivity index (χ1) is 7.86. The van der Waals surface area contributed by atoms with Gasteiger partial charge in [-0.05, 0) is 32.0 Å². The molecule has 1 aromatic rings. The summed E-state index contributed by atoms with van der Waals surface area (Å²) in [7, 11) is 1.50. The Morgan fingerprint density at radius 2 is 2.18 bits per heavy atom. The summed E-state index contributed by atoms with van der Waals surface area (Å²) in [5.41, 5.74) is -0.859. The van der Waals surface area contributed by atoms with Gasteiger partial charge in [-0.25, -0.2) is 4.39 Å². The number of ether oxygens (including phenoxy) is 1. The minimum Gasteiger partial charge on any atom is -0.496 e. The summed E-state index contributed by atoms with van der Waals surface area (Å²) in [6, 6.07) is 4.19. The molecule has 0 spiro atoms. The van der Waals surface area contributed by atoms with Crippen LogP contribution in [0.25, 0.3) is 0 Å². The van der Waals surface area contributed by atoms with Crippen molar-refractivity contribution in [3.63, 3.8) is 0 Å². The average molecular weight is 258 g/mol. The fourth-order valence-electron chi connectivity index (χ4n) is 1.08. The van der Waals surface area contributed by atoms with Crippen LogP contribution in [0.3, 0.4) is 0 Å². The molecule has 1 N–H and O–H groups in total. The van der Waals surface area contributed by atoms with Gasteiger partial charge in [-0.3, -0.25) is 4.79 Å². The lowest BCUT2D eigenvalue weighted by molar-refractivity contribution is -0.145. The average Bonchev–Trinajstić information content (AvgIpc) is 2.26. The molecule has 1 rings (SSSR count). The standard InChI is InChI=1S/C12H15FO3S/c1-12(2,11(14)15)7-17-10-6-8(13)4-5-9(10)16-3/h4-6H,7H2,1-3H3,(H,14,15). The van der Waals surface area contributed by atoms with E-state index in [4.69, 9.17) is 9.84 Å². The van der Waals surface area contributed by atoms with Crippen LogP contribution in [0.2, 0.25) is 0 Å². The molecule has 1 aromatic carbocycles. The number of carboxylic acids is 1. The van der Waals surface area contributed by atoms with Crippen LogP contribution >= 0.6 is 11.8 Å². The lowest BCUT2D eigenvalue weighted by Gasteiger charge is -2.19. The lowest BCUT2D eigenvalue weighted by Crippen LogP contribution is -2.26. The molecule has 0 saturated carbocycles. The molecule has 17 heavy (non-hydrogen) atoms. The fourth-order valence-corrected chi connectivity index (χ4v) is 2.21. The molecule has 3 nitrogen and oxygen atoms in total. The normalized spacial score (nSPS) is 11.3. The summed E-state index contributed by atoms with van der Waals surface area (Å²) < 4.78 is 18.2. The minimum atomic E-state index is -0.875. The van der Waals surface area contributed by atoms with E-state index in [1.165, 1.54) is 37.1 Å². The number of carboxylic acid groups (broad SMARTS) is 1. The van der Waals surface area contributed by atoms with Gasteiger partial charge in [0.25, 0.3) is 0 Å². The molecule has 5 heteroatoms. The molecular weight excluding hydrogens is 243 g/mol. The zero-order chi connectivity index (χ0) is 13.1. The summed E-state index contributed by atoms with van der Waals surface area (Å²) in [6.07, 6.45) is 0. The van der Waals surface area contributed by atoms with Gasteiger partial charge in [0.2, 0.25) is 0 Å². The third-order valence-corrected chi connectivity index (χ3v) is 3.79. The number of benzene rings is 1. The monoisotopic (exact) mass is 258 g/mol. The predicted octanol–water partition coefficient (Wildman–Crippen LogP) is 3.04. The summed E-state index contributed by atoms with van der Waals surface area (Å²) in [4.78, 5) is 11.6. The second-order valence-electron chi connectivity index (χ2n) is 4.27. The Morgan fingerprint density at radius 1 is 1.53 bits per heavy atom. The van der Waals surface area contributed by atoms with E-state index in [-0.39, 0.29) is 5.82 Å². The largest absolute Gasteiger partial charge is 0.496 e. The number of halogens is 1. The van der Waals surface area contributed by atoms with Gasteiger partial charge in [-0.1, -0.05) is 0 Å². The van der Waals surface area contributed by atoms with Crippen LogP contribution in [0.1, 0.15) is 13.8 Å². The van der Waals surface area contributed by atoms with Crippen molar-refractivity contribution in [2.45, 2.75) is 18.7 Å². The van der Waals surface area contributed by atoms with Gasteiger partial charge in [0.15, 0.2) is 0 Å². The first kappa shape index (κ1) is 13.8. The molecular formula is C12H15FO3S. The van der Waals surface area contributed by atoms with Crippen LogP contribution in [0.15, 0.2) is 23.1 Å². The van der Waals surface area contributed by atoms with Crippen LogP contribution < -0.4 is 4.74 Å². The molecule has 0 aromatic heterocycles. The predicted molar refractivity (Wildman–Crippen MR) is 65.1 cm³/mol. The molecule has 0 unspecified atom stereocenters. The van der Waals surface area contributed by atoms with Crippen molar-refractivity contribution in [3.8, 4) is 5.75 Å². The Labute approximate surface area is 104 Å². The number of rotatable bonds is 5. The lowest BCUT2D eigenvalue weighted by atomic mass is 9.97. The van der Waals surface area contributed by atoms with E-state index in [0.29, 0.717) is 16.4 Å². The number of aliphatic carboxylic acids is 1. The highest BCUT2D eigenvalue weighted by Crippen LogP contribution is 2.34. The minimum absolute atomic E-state index is 0.349. The maximum Gasteiger partial charge on any atom is 0.309 e. The van der Waals surface area contributed by atoms with E-state index >= 15 is 0 Å². The Bertz CT molecular complexity index is 418. The van der Waals surface area contributed by atoms with Crippen molar-refractivity contribution >= 4 is 17.7 Å². The molecule has 0 fully saturated rings. The number of hydrogen-bond donors (Lipinski definition) is 1. The van der Waals surface area contributed by atoms with Gasteiger partial charge in [0, 0.05) is 5.75 Å². The van der Waals surface area contributed by atoms with Crippen molar-refractivity contribution < 1.29 is 19.0 Å². The molecule has 0 radical (unpaired) electrons. The summed E-state index contributed by atoms with van der Waals surface area (Å²) in [5, 5.41) is 8.98.